The van der Waals surface area contributed by atoms with E-state index in [0.29, 0.717) is 32.6 Å². The molecule has 0 aliphatic heterocycles. The summed E-state index contributed by atoms with van der Waals surface area (Å²) in [6.07, 6.45) is 0. The van der Waals surface area contributed by atoms with Crippen molar-refractivity contribution in [2.75, 3.05) is 7.11 Å². The maximum absolute atomic E-state index is 9.37. The minimum Gasteiger partial charge on any atom is -0.497 e. The van der Waals surface area contributed by atoms with Crippen molar-refractivity contribution < 1.29 is 19.5 Å². The second kappa shape index (κ2) is 7.05. The van der Waals surface area contributed by atoms with Crippen molar-refractivity contribution in [1.82, 2.24) is 0 Å². The monoisotopic (exact) mass is 326 g/mol. The molecule has 2 aromatic carbocycles. The van der Waals surface area contributed by atoms with Gasteiger partial charge in [-0.3, -0.25) is 0 Å². The third-order valence-electron chi connectivity index (χ3n) is 2.86. The van der Waals surface area contributed by atoms with Crippen LogP contribution < -0.4 is 14.9 Å². The van der Waals surface area contributed by atoms with E-state index in [4.69, 9.17) is 32.7 Å². The molecule has 0 unspecified atom stereocenters. The van der Waals surface area contributed by atoms with E-state index in [1.54, 1.807) is 36.4 Å². The molecule has 0 amide bonds. The molecule has 0 heterocycles. The topological polar surface area (TPSA) is 58.9 Å². The molecule has 0 atom stereocenters. The zero-order chi connectivity index (χ0) is 15.4. The quantitative estimate of drug-likeness (QED) is 0.827. The average Bonchev–Trinajstić information content (AvgIpc) is 2.43. The maximum atomic E-state index is 9.37. The van der Waals surface area contributed by atoms with E-state index >= 15 is 0 Å². The molecule has 7 heteroatoms. The fourth-order valence-corrected chi connectivity index (χ4v) is 2.36. The van der Waals surface area contributed by atoms with Crippen molar-refractivity contribution in [1.29, 1.82) is 0 Å². The van der Waals surface area contributed by atoms with Crippen LogP contribution in [0.4, 0.5) is 0 Å². The lowest BCUT2D eigenvalue weighted by atomic mass is 9.77. The van der Waals surface area contributed by atoms with Gasteiger partial charge >= 0.3 is 7.12 Å². The Morgan fingerprint density at radius 2 is 1.67 bits per heavy atom. The standard InChI is InChI=1S/C14H13BCl2O4/c1-20-12-2-3-14(15(18)19)9(4-12)8-21-13-6-10(16)5-11(17)7-13/h2-7,18-19H,8H2,1H3. The van der Waals surface area contributed by atoms with Gasteiger partial charge in [-0.15, -0.1) is 0 Å². The van der Waals surface area contributed by atoms with Gasteiger partial charge in [-0.2, -0.15) is 0 Å². The van der Waals surface area contributed by atoms with Crippen molar-refractivity contribution in [2.45, 2.75) is 6.61 Å². The van der Waals surface area contributed by atoms with E-state index in [2.05, 4.69) is 0 Å². The van der Waals surface area contributed by atoms with Crippen LogP contribution in [0.3, 0.4) is 0 Å². The molecule has 2 N–H and O–H groups in total. The Morgan fingerprint density at radius 1 is 1.00 bits per heavy atom. The Bertz CT molecular complexity index is 614. The summed E-state index contributed by atoms with van der Waals surface area (Å²) in [6, 6.07) is 9.76. The lowest BCUT2D eigenvalue weighted by molar-refractivity contribution is 0.305. The molecular formula is C14H13BCl2O4. The van der Waals surface area contributed by atoms with E-state index < -0.39 is 7.12 Å². The molecule has 2 aromatic rings. The van der Waals surface area contributed by atoms with Gasteiger partial charge in [0.15, 0.2) is 0 Å². The van der Waals surface area contributed by atoms with Gasteiger partial charge in [0.25, 0.3) is 0 Å². The van der Waals surface area contributed by atoms with Crippen LogP contribution in [0.1, 0.15) is 5.56 Å². The number of methoxy groups -OCH3 is 1. The summed E-state index contributed by atoms with van der Waals surface area (Å²) in [4.78, 5) is 0. The molecule has 0 aliphatic carbocycles. The molecule has 0 saturated heterocycles. The minimum absolute atomic E-state index is 0.126. The van der Waals surface area contributed by atoms with Crippen LogP contribution in [0, 0.1) is 0 Å². The first-order valence-electron chi connectivity index (χ1n) is 6.11. The highest BCUT2D eigenvalue weighted by Gasteiger charge is 2.17. The van der Waals surface area contributed by atoms with Gasteiger partial charge in [0.2, 0.25) is 0 Å². The summed E-state index contributed by atoms with van der Waals surface area (Å²) in [5, 5.41) is 19.7. The summed E-state index contributed by atoms with van der Waals surface area (Å²) in [6.45, 7) is 0.126. The third kappa shape index (κ3) is 4.28. The van der Waals surface area contributed by atoms with Gasteiger partial charge in [-0.1, -0.05) is 29.3 Å². The first-order chi connectivity index (χ1) is 9.99. The first-order valence-corrected chi connectivity index (χ1v) is 6.87. The Morgan fingerprint density at radius 3 is 2.24 bits per heavy atom. The fourth-order valence-electron chi connectivity index (χ4n) is 1.86. The highest BCUT2D eigenvalue weighted by atomic mass is 35.5. The van der Waals surface area contributed by atoms with Crippen LogP contribution in [0.15, 0.2) is 36.4 Å². The summed E-state index contributed by atoms with van der Waals surface area (Å²) in [5.74, 6) is 1.09. The summed E-state index contributed by atoms with van der Waals surface area (Å²) in [7, 11) is -0.0522. The molecular weight excluding hydrogens is 314 g/mol. The van der Waals surface area contributed by atoms with Gasteiger partial charge in [0.1, 0.15) is 18.1 Å². The Hall–Kier alpha value is -1.40. The zero-order valence-corrected chi connectivity index (χ0v) is 12.7. The molecule has 4 nitrogen and oxygen atoms in total. The fraction of sp³-hybridized carbons (Fsp3) is 0.143. The van der Waals surface area contributed by atoms with Crippen LogP contribution in [0.2, 0.25) is 10.0 Å². The van der Waals surface area contributed by atoms with Gasteiger partial charge < -0.3 is 19.5 Å². The molecule has 110 valence electrons. The van der Waals surface area contributed by atoms with E-state index in [1.807, 2.05) is 0 Å². The lowest BCUT2D eigenvalue weighted by Gasteiger charge is -2.12. The van der Waals surface area contributed by atoms with Gasteiger partial charge in [-0.25, -0.2) is 0 Å². The molecule has 0 aromatic heterocycles. The molecule has 0 bridgehead atoms. The predicted molar refractivity (Wildman–Crippen MR) is 83.6 cm³/mol. The average molecular weight is 327 g/mol. The highest BCUT2D eigenvalue weighted by Crippen LogP contribution is 2.25. The Kier molecular flexibility index (Phi) is 5.36. The van der Waals surface area contributed by atoms with E-state index in [1.165, 1.54) is 7.11 Å². The molecule has 21 heavy (non-hydrogen) atoms. The number of hydrogen-bond acceptors (Lipinski definition) is 4. The SMILES string of the molecule is COc1ccc(B(O)O)c(COc2cc(Cl)cc(Cl)c2)c1. The van der Waals surface area contributed by atoms with Gasteiger partial charge in [0, 0.05) is 10.0 Å². The van der Waals surface area contributed by atoms with Crippen LogP contribution in [0.25, 0.3) is 0 Å². The molecule has 0 fully saturated rings. The smallest absolute Gasteiger partial charge is 0.488 e. The maximum Gasteiger partial charge on any atom is 0.488 e. The normalized spacial score (nSPS) is 10.3. The summed E-state index contributed by atoms with van der Waals surface area (Å²) >= 11 is 11.8. The van der Waals surface area contributed by atoms with Crippen LogP contribution >= 0.6 is 23.2 Å². The second-order valence-electron chi connectivity index (χ2n) is 4.33. The number of rotatable bonds is 5. The van der Waals surface area contributed by atoms with Crippen molar-refractivity contribution >= 4 is 35.8 Å². The van der Waals surface area contributed by atoms with Gasteiger partial charge in [-0.05, 0) is 41.4 Å². The molecule has 2 rings (SSSR count). The summed E-state index contributed by atoms with van der Waals surface area (Å²) < 4.78 is 10.7. The van der Waals surface area contributed by atoms with E-state index in [9.17, 15) is 10.0 Å². The van der Waals surface area contributed by atoms with Crippen molar-refractivity contribution in [3.63, 3.8) is 0 Å². The molecule has 0 saturated carbocycles. The van der Waals surface area contributed by atoms with Crippen molar-refractivity contribution in [2.24, 2.45) is 0 Å². The second-order valence-corrected chi connectivity index (χ2v) is 5.21. The van der Waals surface area contributed by atoms with Crippen LogP contribution in [-0.2, 0) is 6.61 Å². The molecule has 0 spiro atoms. The van der Waals surface area contributed by atoms with Crippen LogP contribution in [-0.4, -0.2) is 24.3 Å². The summed E-state index contributed by atoms with van der Waals surface area (Å²) in [5.41, 5.74) is 0.948. The molecule has 0 aliphatic rings. The van der Waals surface area contributed by atoms with Crippen molar-refractivity contribution in [3.05, 3.63) is 52.0 Å². The number of ether oxygens (including phenoxy) is 2. The lowest BCUT2D eigenvalue weighted by Crippen LogP contribution is -2.33. The van der Waals surface area contributed by atoms with Gasteiger partial charge in [0.05, 0.1) is 7.11 Å². The number of benzene rings is 2. The van der Waals surface area contributed by atoms with E-state index in [-0.39, 0.29) is 6.61 Å². The van der Waals surface area contributed by atoms with Crippen LogP contribution in [0.5, 0.6) is 11.5 Å². The largest absolute Gasteiger partial charge is 0.497 e. The number of halogens is 2. The Labute approximate surface area is 133 Å². The minimum atomic E-state index is -1.59. The zero-order valence-electron chi connectivity index (χ0n) is 11.2. The Balaban J connectivity index is 2.21. The third-order valence-corrected chi connectivity index (χ3v) is 3.30. The number of hydrogen-bond donors (Lipinski definition) is 2. The van der Waals surface area contributed by atoms with E-state index in [0.717, 1.165) is 0 Å². The highest BCUT2D eigenvalue weighted by molar-refractivity contribution is 6.59. The first kappa shape index (κ1) is 16.0. The molecule has 0 radical (unpaired) electrons. The predicted octanol–water partition coefficient (Wildman–Crippen LogP) is 2.26. The van der Waals surface area contributed by atoms with Crippen molar-refractivity contribution in [3.8, 4) is 11.5 Å².